The van der Waals surface area contributed by atoms with Gasteiger partial charge in [0.05, 0.1) is 5.69 Å². The van der Waals surface area contributed by atoms with Gasteiger partial charge in [0.1, 0.15) is 12.4 Å². The molecular formula is C18H18ClF2NO3. The van der Waals surface area contributed by atoms with Crippen LogP contribution < -0.4 is 10.1 Å². The van der Waals surface area contributed by atoms with Gasteiger partial charge in [0.15, 0.2) is 0 Å². The summed E-state index contributed by atoms with van der Waals surface area (Å²) in [4.78, 5) is 11.4. The van der Waals surface area contributed by atoms with Gasteiger partial charge >= 0.3 is 12.7 Å². The minimum atomic E-state index is -3.20. The van der Waals surface area contributed by atoms with Gasteiger partial charge in [-0.2, -0.15) is 8.78 Å². The average molecular weight is 370 g/mol. The molecule has 4 nitrogen and oxygen atoms in total. The first-order valence-electron chi connectivity index (χ1n) is 7.65. The van der Waals surface area contributed by atoms with Crippen molar-refractivity contribution in [3.8, 4) is 5.75 Å². The predicted octanol–water partition coefficient (Wildman–Crippen LogP) is 5.56. The van der Waals surface area contributed by atoms with Crippen molar-refractivity contribution in [2.45, 2.75) is 33.5 Å². The highest BCUT2D eigenvalue weighted by Gasteiger charge is 2.14. The van der Waals surface area contributed by atoms with Crippen LogP contribution in [-0.4, -0.2) is 12.7 Å². The second-order valence-electron chi connectivity index (χ2n) is 5.33. The first-order valence-corrected chi connectivity index (χ1v) is 8.03. The van der Waals surface area contributed by atoms with Gasteiger partial charge in [-0.3, -0.25) is 5.32 Å². The standard InChI is InChI=1S/C18H18ClF2NO3/c1-3-12-4-7-16(11(2)8-12)24-10-13-5-6-14(19)9-15(13)22-18(23)25-17(20)21/h4-9,17H,3,10H2,1-2H3,(H,22,23). The van der Waals surface area contributed by atoms with E-state index in [-0.39, 0.29) is 12.3 Å². The molecule has 0 saturated carbocycles. The highest BCUT2D eigenvalue weighted by molar-refractivity contribution is 6.31. The zero-order valence-corrected chi connectivity index (χ0v) is 14.6. The molecule has 0 spiro atoms. The van der Waals surface area contributed by atoms with Crippen molar-refractivity contribution in [3.63, 3.8) is 0 Å². The van der Waals surface area contributed by atoms with E-state index in [0.29, 0.717) is 16.3 Å². The molecule has 0 aliphatic carbocycles. The Morgan fingerprint density at radius 2 is 2.00 bits per heavy atom. The molecule has 0 aromatic heterocycles. The molecule has 134 valence electrons. The number of aryl methyl sites for hydroxylation is 2. The number of nitrogens with one attached hydrogen (secondary N) is 1. The van der Waals surface area contributed by atoms with Gasteiger partial charge in [-0.15, -0.1) is 0 Å². The van der Waals surface area contributed by atoms with E-state index in [1.807, 2.05) is 25.1 Å². The van der Waals surface area contributed by atoms with E-state index in [4.69, 9.17) is 16.3 Å². The van der Waals surface area contributed by atoms with E-state index in [9.17, 15) is 13.6 Å². The van der Waals surface area contributed by atoms with Gasteiger partial charge in [-0.1, -0.05) is 36.7 Å². The van der Waals surface area contributed by atoms with Crippen LogP contribution in [0.4, 0.5) is 19.3 Å². The summed E-state index contributed by atoms with van der Waals surface area (Å²) in [5.41, 5.74) is 3.02. The maximum atomic E-state index is 12.1. The zero-order chi connectivity index (χ0) is 18.4. The number of hydrogen-bond acceptors (Lipinski definition) is 3. The van der Waals surface area contributed by atoms with Crippen LogP contribution in [0.3, 0.4) is 0 Å². The van der Waals surface area contributed by atoms with Crippen LogP contribution >= 0.6 is 11.6 Å². The number of carbonyl (C=O) groups excluding carboxylic acids is 1. The van der Waals surface area contributed by atoms with E-state index in [2.05, 4.69) is 17.0 Å². The molecule has 0 atom stereocenters. The minimum Gasteiger partial charge on any atom is -0.489 e. The second kappa shape index (κ2) is 8.67. The normalized spacial score (nSPS) is 10.6. The smallest absolute Gasteiger partial charge is 0.416 e. The van der Waals surface area contributed by atoms with Crippen LogP contribution in [0, 0.1) is 6.92 Å². The number of hydrogen-bond donors (Lipinski definition) is 1. The van der Waals surface area contributed by atoms with E-state index in [1.165, 1.54) is 11.6 Å². The molecule has 0 aliphatic heterocycles. The summed E-state index contributed by atoms with van der Waals surface area (Å²) in [5, 5.41) is 2.59. The Morgan fingerprint density at radius 1 is 1.24 bits per heavy atom. The van der Waals surface area contributed by atoms with Crippen LogP contribution in [-0.2, 0) is 17.8 Å². The molecule has 0 radical (unpaired) electrons. The lowest BCUT2D eigenvalue weighted by molar-refractivity contribution is -0.0766. The van der Waals surface area contributed by atoms with Gasteiger partial charge < -0.3 is 9.47 Å². The number of anilines is 1. The lowest BCUT2D eigenvalue weighted by Gasteiger charge is -2.14. The molecule has 2 rings (SSSR count). The van der Waals surface area contributed by atoms with E-state index in [0.717, 1.165) is 12.0 Å². The number of rotatable bonds is 6. The Morgan fingerprint density at radius 3 is 2.64 bits per heavy atom. The van der Waals surface area contributed by atoms with Crippen molar-refractivity contribution in [2.75, 3.05) is 5.32 Å². The molecule has 1 N–H and O–H groups in total. The van der Waals surface area contributed by atoms with Crippen LogP contribution in [0.1, 0.15) is 23.6 Å². The molecule has 0 fully saturated rings. The molecule has 7 heteroatoms. The van der Waals surface area contributed by atoms with Gasteiger partial charge in [-0.05, 0) is 42.7 Å². The molecule has 0 aliphatic rings. The summed E-state index contributed by atoms with van der Waals surface area (Å²) in [6.45, 7) is 0.946. The fourth-order valence-electron chi connectivity index (χ4n) is 2.26. The van der Waals surface area contributed by atoms with Gasteiger partial charge in [-0.25, -0.2) is 4.79 Å². The minimum absolute atomic E-state index is 0.133. The Labute approximate surface area is 149 Å². The number of halogens is 3. The number of ether oxygens (including phenoxy) is 2. The van der Waals surface area contributed by atoms with Crippen molar-refractivity contribution >= 4 is 23.4 Å². The van der Waals surface area contributed by atoms with Crippen molar-refractivity contribution in [1.29, 1.82) is 0 Å². The Balaban J connectivity index is 2.12. The third-order valence-corrected chi connectivity index (χ3v) is 3.77. The summed E-state index contributed by atoms with van der Waals surface area (Å²) >= 11 is 5.90. The fourth-order valence-corrected chi connectivity index (χ4v) is 2.43. The number of alkyl halides is 2. The quantitative estimate of drug-likeness (QED) is 0.725. The number of carbonyl (C=O) groups is 1. The second-order valence-corrected chi connectivity index (χ2v) is 5.77. The maximum absolute atomic E-state index is 12.1. The molecule has 2 aromatic carbocycles. The molecule has 0 saturated heterocycles. The van der Waals surface area contributed by atoms with Crippen LogP contribution in [0.25, 0.3) is 0 Å². The molecule has 1 amide bonds. The third-order valence-electron chi connectivity index (χ3n) is 3.54. The summed E-state index contributed by atoms with van der Waals surface area (Å²) in [6.07, 6.45) is -0.333. The SMILES string of the molecule is CCc1ccc(OCc2ccc(Cl)cc2NC(=O)OC(F)F)c(C)c1. The molecule has 25 heavy (non-hydrogen) atoms. The molecule has 0 unspecified atom stereocenters. The Kier molecular flexibility index (Phi) is 6.58. The van der Waals surface area contributed by atoms with E-state index in [1.54, 1.807) is 12.1 Å². The van der Waals surface area contributed by atoms with Gasteiger partial charge in [0.25, 0.3) is 0 Å². The first-order chi connectivity index (χ1) is 11.9. The van der Waals surface area contributed by atoms with E-state index < -0.39 is 12.7 Å². The van der Waals surface area contributed by atoms with E-state index >= 15 is 0 Å². The first kappa shape index (κ1) is 19.0. The van der Waals surface area contributed by atoms with Crippen LogP contribution in [0.5, 0.6) is 5.75 Å². The maximum Gasteiger partial charge on any atom is 0.416 e. The van der Waals surface area contributed by atoms with Crippen molar-refractivity contribution < 1.29 is 23.0 Å². The fraction of sp³-hybridized carbons (Fsp3) is 0.278. The van der Waals surface area contributed by atoms with Gasteiger partial charge in [0.2, 0.25) is 0 Å². The third kappa shape index (κ3) is 5.60. The molecule has 0 heterocycles. The average Bonchev–Trinajstić information content (AvgIpc) is 2.54. The lowest BCUT2D eigenvalue weighted by Crippen LogP contribution is -2.18. The Bertz CT molecular complexity index is 753. The van der Waals surface area contributed by atoms with Crippen molar-refractivity contribution in [3.05, 3.63) is 58.1 Å². The summed E-state index contributed by atoms with van der Waals surface area (Å²) in [7, 11) is 0. The molecule has 0 bridgehead atoms. The molecular weight excluding hydrogens is 352 g/mol. The zero-order valence-electron chi connectivity index (χ0n) is 13.8. The highest BCUT2D eigenvalue weighted by Crippen LogP contribution is 2.25. The van der Waals surface area contributed by atoms with Gasteiger partial charge in [0, 0.05) is 10.6 Å². The monoisotopic (exact) mass is 369 g/mol. The molecule has 2 aromatic rings. The van der Waals surface area contributed by atoms with Crippen molar-refractivity contribution in [1.82, 2.24) is 0 Å². The number of amides is 1. The largest absolute Gasteiger partial charge is 0.489 e. The Hall–Kier alpha value is -2.34. The number of benzene rings is 2. The van der Waals surface area contributed by atoms with Crippen LogP contribution in [0.2, 0.25) is 5.02 Å². The van der Waals surface area contributed by atoms with Crippen molar-refractivity contribution in [2.24, 2.45) is 0 Å². The summed E-state index contributed by atoms with van der Waals surface area (Å²) in [6, 6.07) is 10.6. The highest BCUT2D eigenvalue weighted by atomic mass is 35.5. The lowest BCUT2D eigenvalue weighted by atomic mass is 10.1. The van der Waals surface area contributed by atoms with Crippen LogP contribution in [0.15, 0.2) is 36.4 Å². The summed E-state index contributed by atoms with van der Waals surface area (Å²) in [5.74, 6) is 0.702. The topological polar surface area (TPSA) is 47.6 Å². The summed E-state index contributed by atoms with van der Waals surface area (Å²) < 4.78 is 33.8. The predicted molar refractivity (Wildman–Crippen MR) is 92.4 cm³/mol.